The van der Waals surface area contributed by atoms with Gasteiger partial charge in [0.2, 0.25) is 0 Å². The fraction of sp³-hybridized carbons (Fsp3) is 0.111. The van der Waals surface area contributed by atoms with E-state index < -0.39 is 4.92 Å². The van der Waals surface area contributed by atoms with Crippen molar-refractivity contribution in [1.29, 1.82) is 0 Å². The van der Waals surface area contributed by atoms with Crippen LogP contribution in [0.2, 0.25) is 0 Å². The summed E-state index contributed by atoms with van der Waals surface area (Å²) in [7, 11) is 0. The molecule has 5 nitrogen and oxygen atoms in total. The van der Waals surface area contributed by atoms with Crippen molar-refractivity contribution < 1.29 is 4.92 Å². The topological polar surface area (TPSA) is 81.5 Å². The number of thiocarbonyl (C=S) groups is 1. The van der Waals surface area contributed by atoms with Gasteiger partial charge in [0, 0.05) is 17.7 Å². The highest BCUT2D eigenvalue weighted by atomic mass is 32.1. The second-order valence-corrected chi connectivity index (χ2v) is 3.25. The number of benzene rings is 1. The van der Waals surface area contributed by atoms with E-state index in [1.807, 2.05) is 0 Å². The lowest BCUT2D eigenvalue weighted by molar-refractivity contribution is -0.384. The maximum absolute atomic E-state index is 10.4. The summed E-state index contributed by atoms with van der Waals surface area (Å²) in [6.45, 7) is 1.62. The molecular formula is C9H9N3O2S. The van der Waals surface area contributed by atoms with Crippen LogP contribution in [0.3, 0.4) is 0 Å². The van der Waals surface area contributed by atoms with Gasteiger partial charge >= 0.3 is 0 Å². The summed E-state index contributed by atoms with van der Waals surface area (Å²) in [4.78, 5) is 14.1. The molecule has 0 aliphatic heterocycles. The van der Waals surface area contributed by atoms with E-state index >= 15 is 0 Å². The number of hydrogen-bond acceptors (Lipinski definition) is 3. The number of nitrogens with zero attached hydrogens (tertiary/aromatic N) is 2. The van der Waals surface area contributed by atoms with Crippen molar-refractivity contribution in [2.75, 3.05) is 0 Å². The van der Waals surface area contributed by atoms with E-state index in [1.54, 1.807) is 19.1 Å². The van der Waals surface area contributed by atoms with Gasteiger partial charge in [-0.05, 0) is 19.1 Å². The fourth-order valence-electron chi connectivity index (χ4n) is 0.950. The molecule has 0 atom stereocenters. The summed E-state index contributed by atoms with van der Waals surface area (Å²) in [5.41, 5.74) is 6.03. The molecule has 0 amide bonds. The third-order valence-electron chi connectivity index (χ3n) is 1.60. The molecule has 0 unspecified atom stereocenters. The smallest absolute Gasteiger partial charge is 0.269 e. The normalized spacial score (nSPS) is 11.1. The molecule has 1 aromatic carbocycles. The third kappa shape index (κ3) is 3.10. The highest BCUT2D eigenvalue weighted by molar-refractivity contribution is 7.80. The fourth-order valence-corrected chi connectivity index (χ4v) is 1.23. The van der Waals surface area contributed by atoms with Crippen molar-refractivity contribution >= 4 is 28.7 Å². The average molecular weight is 223 g/mol. The van der Waals surface area contributed by atoms with E-state index in [-0.39, 0.29) is 5.69 Å². The molecule has 0 radical (unpaired) electrons. The molecule has 0 aromatic heterocycles. The summed E-state index contributed by atoms with van der Waals surface area (Å²) in [5, 5.41) is 10.4. The van der Waals surface area contributed by atoms with Gasteiger partial charge in [0.1, 0.15) is 4.99 Å². The molecule has 2 N–H and O–H groups in total. The summed E-state index contributed by atoms with van der Waals surface area (Å²) in [6, 6.07) is 5.85. The van der Waals surface area contributed by atoms with Crippen molar-refractivity contribution in [3.63, 3.8) is 0 Å². The van der Waals surface area contributed by atoms with Gasteiger partial charge < -0.3 is 5.73 Å². The van der Waals surface area contributed by atoms with Gasteiger partial charge in [0.05, 0.1) is 10.8 Å². The number of rotatable bonds is 2. The Morgan fingerprint density at radius 3 is 2.40 bits per heavy atom. The zero-order valence-corrected chi connectivity index (χ0v) is 8.82. The third-order valence-corrected chi connectivity index (χ3v) is 1.93. The summed E-state index contributed by atoms with van der Waals surface area (Å²) >= 11 is 4.97. The maximum Gasteiger partial charge on any atom is 0.269 e. The van der Waals surface area contributed by atoms with Crippen LogP contribution in [0.5, 0.6) is 0 Å². The molecule has 0 bridgehead atoms. The van der Waals surface area contributed by atoms with Gasteiger partial charge in [-0.15, -0.1) is 0 Å². The molecule has 0 saturated heterocycles. The van der Waals surface area contributed by atoms with Crippen LogP contribution in [-0.2, 0) is 0 Å². The first-order chi connectivity index (χ1) is 7.00. The number of nitrogens with two attached hydrogens (primary N) is 1. The average Bonchev–Trinajstić information content (AvgIpc) is 2.17. The second kappa shape index (κ2) is 4.61. The second-order valence-electron chi connectivity index (χ2n) is 2.86. The Bertz CT molecular complexity index is 421. The van der Waals surface area contributed by atoms with Gasteiger partial charge in [0.15, 0.2) is 0 Å². The van der Waals surface area contributed by atoms with Gasteiger partial charge in [-0.2, -0.15) is 0 Å². The van der Waals surface area contributed by atoms with Gasteiger partial charge in [-0.25, -0.2) is 4.99 Å². The highest BCUT2D eigenvalue weighted by Crippen LogP contribution is 2.12. The van der Waals surface area contributed by atoms with Crippen LogP contribution in [0.15, 0.2) is 29.3 Å². The van der Waals surface area contributed by atoms with Crippen LogP contribution in [0, 0.1) is 10.1 Å². The number of amidine groups is 1. The van der Waals surface area contributed by atoms with Crippen LogP contribution < -0.4 is 5.73 Å². The summed E-state index contributed by atoms with van der Waals surface area (Å²) in [5.74, 6) is 0.360. The quantitative estimate of drug-likeness (QED) is 0.272. The first-order valence-corrected chi connectivity index (χ1v) is 4.51. The van der Waals surface area contributed by atoms with Gasteiger partial charge in [-0.1, -0.05) is 12.2 Å². The molecule has 78 valence electrons. The molecule has 0 spiro atoms. The number of aliphatic imine (C=N–C) groups is 1. The highest BCUT2D eigenvalue weighted by Gasteiger charge is 2.05. The lowest BCUT2D eigenvalue weighted by Gasteiger charge is -1.98. The molecule has 0 aliphatic rings. The van der Waals surface area contributed by atoms with E-state index in [0.717, 1.165) is 0 Å². The first-order valence-electron chi connectivity index (χ1n) is 4.10. The summed E-state index contributed by atoms with van der Waals surface area (Å²) < 4.78 is 0. The van der Waals surface area contributed by atoms with E-state index in [2.05, 4.69) is 4.99 Å². The van der Waals surface area contributed by atoms with Gasteiger partial charge in [-0.3, -0.25) is 10.1 Å². The maximum atomic E-state index is 10.4. The van der Waals surface area contributed by atoms with Crippen LogP contribution >= 0.6 is 12.2 Å². The monoisotopic (exact) mass is 223 g/mol. The molecule has 0 saturated carbocycles. The minimum Gasteiger partial charge on any atom is -0.387 e. The zero-order valence-electron chi connectivity index (χ0n) is 8.01. The molecule has 1 aromatic rings. The predicted molar refractivity (Wildman–Crippen MR) is 62.1 cm³/mol. The van der Waals surface area contributed by atoms with E-state index in [1.165, 1.54) is 12.1 Å². The molecule has 0 heterocycles. The van der Waals surface area contributed by atoms with Crippen LogP contribution in [0.1, 0.15) is 12.5 Å². The molecule has 1 rings (SSSR count). The number of nitro benzene ring substituents is 1. The Balaban J connectivity index is 2.94. The van der Waals surface area contributed by atoms with Crippen molar-refractivity contribution in [2.45, 2.75) is 6.92 Å². The SMILES string of the molecule is CC(N)=NC(=S)c1ccc([N+](=O)[O-])cc1. The van der Waals surface area contributed by atoms with Crippen LogP contribution in [0.25, 0.3) is 0 Å². The Kier molecular flexibility index (Phi) is 3.46. The van der Waals surface area contributed by atoms with E-state index in [9.17, 15) is 10.1 Å². The number of hydrogen-bond donors (Lipinski definition) is 1. The Hall–Kier alpha value is -1.82. The van der Waals surface area contributed by atoms with Crippen LogP contribution in [0.4, 0.5) is 5.69 Å². The van der Waals surface area contributed by atoms with Crippen molar-refractivity contribution in [3.05, 3.63) is 39.9 Å². The minimum atomic E-state index is -0.468. The molecule has 6 heteroatoms. The largest absolute Gasteiger partial charge is 0.387 e. The number of non-ortho nitro benzene ring substituents is 1. The van der Waals surface area contributed by atoms with Crippen molar-refractivity contribution in [3.8, 4) is 0 Å². The zero-order chi connectivity index (χ0) is 11.4. The van der Waals surface area contributed by atoms with Crippen molar-refractivity contribution in [1.82, 2.24) is 0 Å². The predicted octanol–water partition coefficient (Wildman–Crippen LogP) is 1.65. The molecule has 0 aliphatic carbocycles. The molecule has 15 heavy (non-hydrogen) atoms. The molecular weight excluding hydrogens is 214 g/mol. The van der Waals surface area contributed by atoms with Crippen molar-refractivity contribution in [2.24, 2.45) is 10.7 Å². The lowest BCUT2D eigenvalue weighted by atomic mass is 10.2. The van der Waals surface area contributed by atoms with Crippen LogP contribution in [-0.4, -0.2) is 15.7 Å². The summed E-state index contributed by atoms with van der Waals surface area (Å²) in [6.07, 6.45) is 0. The van der Waals surface area contributed by atoms with E-state index in [0.29, 0.717) is 16.4 Å². The minimum absolute atomic E-state index is 0.0231. The van der Waals surface area contributed by atoms with E-state index in [4.69, 9.17) is 18.0 Å². The Morgan fingerprint density at radius 2 is 2.00 bits per heavy atom. The van der Waals surface area contributed by atoms with Gasteiger partial charge in [0.25, 0.3) is 5.69 Å². The number of nitro groups is 1. The molecule has 0 fully saturated rings. The Morgan fingerprint density at radius 1 is 1.47 bits per heavy atom. The standard InChI is InChI=1S/C9H9N3O2S/c1-6(10)11-9(15)7-2-4-8(5-3-7)12(13)14/h2-5H,1H3,(H2,10,11,15). The lowest BCUT2D eigenvalue weighted by Crippen LogP contribution is -2.08. The first kappa shape index (κ1) is 11.3. The Labute approximate surface area is 91.8 Å².